The second-order valence-corrected chi connectivity index (χ2v) is 5.84. The van der Waals surface area contributed by atoms with Crippen molar-refractivity contribution in [3.63, 3.8) is 0 Å². The Kier molecular flexibility index (Phi) is 2.34. The highest BCUT2D eigenvalue weighted by Gasteiger charge is 2.51. The molecule has 20 heavy (non-hydrogen) atoms. The van der Waals surface area contributed by atoms with E-state index in [1.165, 1.54) is 5.56 Å². The first-order valence-electron chi connectivity index (χ1n) is 7.04. The van der Waals surface area contributed by atoms with Gasteiger partial charge in [-0.2, -0.15) is 0 Å². The van der Waals surface area contributed by atoms with Crippen LogP contribution in [0.1, 0.15) is 30.7 Å². The molecule has 3 aliphatic heterocycles. The summed E-state index contributed by atoms with van der Waals surface area (Å²) in [6.07, 6.45) is 1.61. The van der Waals surface area contributed by atoms with Gasteiger partial charge in [-0.3, -0.25) is 4.79 Å². The van der Waals surface area contributed by atoms with E-state index in [2.05, 4.69) is 5.32 Å². The highest BCUT2D eigenvalue weighted by molar-refractivity contribution is 5.86. The molecular weight excluding hydrogens is 256 g/mol. The van der Waals surface area contributed by atoms with E-state index in [1.807, 2.05) is 24.3 Å². The van der Waals surface area contributed by atoms with Crippen molar-refractivity contribution in [3.8, 4) is 0 Å². The molecule has 3 aliphatic rings. The number of benzene rings is 1. The first kappa shape index (κ1) is 11.8. The number of amides is 1. The van der Waals surface area contributed by atoms with Crippen LogP contribution in [-0.4, -0.2) is 34.9 Å². The van der Waals surface area contributed by atoms with Gasteiger partial charge in [0.25, 0.3) is 0 Å². The molecule has 4 atom stereocenters. The van der Waals surface area contributed by atoms with Crippen molar-refractivity contribution in [3.05, 3.63) is 29.8 Å². The summed E-state index contributed by atoms with van der Waals surface area (Å²) in [6.45, 7) is 0. The van der Waals surface area contributed by atoms with Gasteiger partial charge < -0.3 is 20.1 Å². The number of hydrogen-bond donors (Lipinski definition) is 1. The predicted molar refractivity (Wildman–Crippen MR) is 69.9 cm³/mol. The molecule has 1 aromatic carbocycles. The predicted octanol–water partition coefficient (Wildman–Crippen LogP) is 0.0775. The van der Waals surface area contributed by atoms with Gasteiger partial charge in [-0.25, -0.2) is 0 Å². The third-order valence-electron chi connectivity index (χ3n) is 4.91. The van der Waals surface area contributed by atoms with Gasteiger partial charge in [0.2, 0.25) is 5.91 Å². The summed E-state index contributed by atoms with van der Waals surface area (Å²) in [7, 11) is 0. The van der Waals surface area contributed by atoms with Crippen molar-refractivity contribution in [2.24, 2.45) is 0 Å². The monoisotopic (exact) mass is 271 g/mol. The number of carboxylic acid groups (broad SMARTS) is 1. The van der Waals surface area contributed by atoms with Crippen LogP contribution in [0.3, 0.4) is 0 Å². The first-order valence-corrected chi connectivity index (χ1v) is 7.04. The van der Waals surface area contributed by atoms with Crippen LogP contribution in [0.15, 0.2) is 24.3 Å². The number of carbonyl (C=O) groups excluding carboxylic acids is 2. The van der Waals surface area contributed by atoms with E-state index < -0.39 is 12.0 Å². The fraction of sp³-hybridized carbons (Fsp3) is 0.467. The van der Waals surface area contributed by atoms with Crippen LogP contribution in [0.5, 0.6) is 0 Å². The molecular formula is C15H15N2O3-. The molecule has 0 unspecified atom stereocenters. The number of para-hydroxylation sites is 1. The summed E-state index contributed by atoms with van der Waals surface area (Å²) in [4.78, 5) is 25.0. The van der Waals surface area contributed by atoms with Gasteiger partial charge in [-0.1, -0.05) is 18.2 Å². The smallest absolute Gasteiger partial charge is 0.223 e. The molecule has 0 bridgehead atoms. The van der Waals surface area contributed by atoms with E-state index in [1.54, 1.807) is 4.90 Å². The number of rotatable bonds is 1. The zero-order valence-electron chi connectivity index (χ0n) is 10.9. The van der Waals surface area contributed by atoms with Crippen LogP contribution in [0, 0.1) is 0 Å². The molecule has 0 saturated carbocycles. The van der Waals surface area contributed by atoms with E-state index in [9.17, 15) is 14.7 Å². The quantitative estimate of drug-likeness (QED) is 0.785. The maximum atomic E-state index is 12.0. The lowest BCUT2D eigenvalue weighted by Gasteiger charge is -2.45. The van der Waals surface area contributed by atoms with Crippen LogP contribution >= 0.6 is 0 Å². The van der Waals surface area contributed by atoms with Gasteiger partial charge >= 0.3 is 0 Å². The molecule has 1 aromatic rings. The summed E-state index contributed by atoms with van der Waals surface area (Å²) in [5, 5.41) is 14.9. The Morgan fingerprint density at radius 2 is 2.15 bits per heavy atom. The molecule has 1 N–H and O–H groups in total. The van der Waals surface area contributed by atoms with Gasteiger partial charge in [0.05, 0.1) is 24.1 Å². The number of carbonyl (C=O) groups is 2. The number of aliphatic carboxylic acids is 1. The molecule has 3 heterocycles. The number of fused-ring (bicyclic) bond motifs is 5. The number of anilines is 1. The van der Waals surface area contributed by atoms with Crippen molar-refractivity contribution in [1.82, 2.24) is 4.90 Å². The zero-order chi connectivity index (χ0) is 13.9. The molecule has 4 rings (SSSR count). The molecule has 1 amide bonds. The van der Waals surface area contributed by atoms with Crippen LogP contribution in [0.2, 0.25) is 0 Å². The Bertz CT molecular complexity index is 601. The average molecular weight is 271 g/mol. The van der Waals surface area contributed by atoms with Gasteiger partial charge in [0, 0.05) is 18.0 Å². The normalized spacial score (nSPS) is 34.2. The second-order valence-electron chi connectivity index (χ2n) is 5.84. The lowest BCUT2D eigenvalue weighted by molar-refractivity contribution is -0.312. The summed E-state index contributed by atoms with van der Waals surface area (Å²) in [6, 6.07) is 7.32. The first-order chi connectivity index (χ1) is 9.66. The van der Waals surface area contributed by atoms with Gasteiger partial charge in [-0.05, 0) is 24.5 Å². The Morgan fingerprint density at radius 1 is 1.35 bits per heavy atom. The standard InChI is InChI=1S/C15H16N2O3/c18-13-6-5-11-14-9(7-12(15(19)20)17(11)13)8-3-1-2-4-10(8)16-14/h1-4,9,11-12,14,16H,5-7H2,(H,19,20)/p-1/t9-,11+,12+,14+/m0/s1. The lowest BCUT2D eigenvalue weighted by Crippen LogP contribution is -2.60. The fourth-order valence-corrected chi connectivity index (χ4v) is 4.11. The van der Waals surface area contributed by atoms with E-state index in [0.29, 0.717) is 12.8 Å². The lowest BCUT2D eigenvalue weighted by atomic mass is 9.80. The Labute approximate surface area is 116 Å². The molecule has 5 nitrogen and oxygen atoms in total. The Morgan fingerprint density at radius 3 is 2.95 bits per heavy atom. The van der Waals surface area contributed by atoms with Crippen molar-refractivity contribution in [1.29, 1.82) is 0 Å². The molecule has 0 aromatic heterocycles. The molecule has 2 fully saturated rings. The Hall–Kier alpha value is -2.04. The van der Waals surface area contributed by atoms with Crippen LogP contribution in [-0.2, 0) is 9.59 Å². The van der Waals surface area contributed by atoms with Gasteiger partial charge in [-0.15, -0.1) is 0 Å². The van der Waals surface area contributed by atoms with Crippen molar-refractivity contribution >= 4 is 17.6 Å². The summed E-state index contributed by atoms with van der Waals surface area (Å²) < 4.78 is 0. The van der Waals surface area contributed by atoms with E-state index >= 15 is 0 Å². The maximum absolute atomic E-state index is 12.0. The fourth-order valence-electron chi connectivity index (χ4n) is 4.11. The highest BCUT2D eigenvalue weighted by atomic mass is 16.4. The van der Waals surface area contributed by atoms with Gasteiger partial charge in [0.1, 0.15) is 0 Å². The number of carboxylic acids is 1. The number of piperidine rings is 1. The minimum Gasteiger partial charge on any atom is -0.548 e. The topological polar surface area (TPSA) is 72.5 Å². The zero-order valence-corrected chi connectivity index (χ0v) is 10.9. The van der Waals surface area contributed by atoms with Crippen molar-refractivity contribution in [2.75, 3.05) is 5.32 Å². The third kappa shape index (κ3) is 1.43. The third-order valence-corrected chi connectivity index (χ3v) is 4.91. The molecule has 2 saturated heterocycles. The minimum atomic E-state index is -1.13. The van der Waals surface area contributed by atoms with E-state index in [4.69, 9.17) is 0 Å². The molecule has 104 valence electrons. The van der Waals surface area contributed by atoms with Crippen molar-refractivity contribution < 1.29 is 14.7 Å². The number of nitrogens with zero attached hydrogens (tertiary/aromatic N) is 1. The largest absolute Gasteiger partial charge is 0.548 e. The SMILES string of the molecule is O=C([O-])[C@H]1C[C@H]2c3ccccc3N[C@H]2[C@H]2CCC(=O)N12. The average Bonchev–Trinajstić information content (AvgIpc) is 2.99. The number of nitrogens with one attached hydrogen (secondary N) is 1. The second kappa shape index (κ2) is 3.98. The summed E-state index contributed by atoms with van der Waals surface area (Å²) in [5.74, 6) is -1.03. The van der Waals surface area contributed by atoms with Crippen LogP contribution < -0.4 is 10.4 Å². The van der Waals surface area contributed by atoms with E-state index in [0.717, 1.165) is 12.1 Å². The van der Waals surface area contributed by atoms with Crippen LogP contribution in [0.25, 0.3) is 0 Å². The van der Waals surface area contributed by atoms with Crippen LogP contribution in [0.4, 0.5) is 5.69 Å². The molecule has 0 aliphatic carbocycles. The number of hydrogen-bond acceptors (Lipinski definition) is 4. The minimum absolute atomic E-state index is 0.0310. The van der Waals surface area contributed by atoms with Crippen molar-refractivity contribution in [2.45, 2.75) is 43.3 Å². The molecule has 5 heteroatoms. The summed E-state index contributed by atoms with van der Waals surface area (Å²) >= 11 is 0. The molecule has 0 spiro atoms. The molecule has 0 radical (unpaired) electrons. The highest BCUT2D eigenvalue weighted by Crippen LogP contribution is 2.47. The van der Waals surface area contributed by atoms with Gasteiger partial charge in [0.15, 0.2) is 0 Å². The Balaban J connectivity index is 1.76. The summed E-state index contributed by atoms with van der Waals surface area (Å²) in [5.41, 5.74) is 2.24. The maximum Gasteiger partial charge on any atom is 0.223 e. The van der Waals surface area contributed by atoms with E-state index in [-0.39, 0.29) is 23.9 Å².